The fourth-order valence-corrected chi connectivity index (χ4v) is 11.7. The number of hydrogen-bond acceptors (Lipinski definition) is 15. The first kappa shape index (κ1) is 55.5. The summed E-state index contributed by atoms with van der Waals surface area (Å²) in [6.07, 6.45) is 4.07. The molecule has 14 rings (SSSR count). The SMILES string of the molecule is CC(C)(C)OC(=O)C1CC(Cc2nc3cc(C4=NOC(C)(c5nc6ccccc6o5)C4)ccc3c(=O)n2-c2ccc(F)cc2)C1.CC1(c2nc3ccccc3o2)CC(c2ccc3c(=O)n(-c4ccc(F)cc4)c(CC4CC(C(=O)O)C4)nc3c2)=NO1. The Morgan fingerprint density at radius 3 is 1.41 bits per heavy atom. The van der Waals surface area contributed by atoms with Gasteiger partial charge in [-0.2, -0.15) is 0 Å². The molecule has 20 heteroatoms. The number of fused-ring (bicyclic) bond motifs is 4. The lowest BCUT2D eigenvalue weighted by Crippen LogP contribution is -2.37. The highest BCUT2D eigenvalue weighted by Crippen LogP contribution is 2.41. The molecule has 0 saturated heterocycles. The number of carbonyl (C=O) groups excluding carboxylic acids is 1. The quantitative estimate of drug-likeness (QED) is 0.112. The number of benzene rings is 6. The van der Waals surface area contributed by atoms with Gasteiger partial charge in [0, 0.05) is 36.8 Å². The summed E-state index contributed by atoms with van der Waals surface area (Å²) in [5.41, 5.74) is 4.90. The number of para-hydroxylation sites is 4. The van der Waals surface area contributed by atoms with Gasteiger partial charge in [0.2, 0.25) is 23.0 Å². The minimum atomic E-state index is -0.890. The molecule has 1 N–H and O–H groups in total. The fourth-order valence-electron chi connectivity index (χ4n) is 11.7. The Labute approximate surface area is 489 Å². The van der Waals surface area contributed by atoms with Gasteiger partial charge in [-0.05, 0) is 169 Å². The molecule has 4 aromatic heterocycles. The first-order valence-corrected chi connectivity index (χ1v) is 28.5. The van der Waals surface area contributed by atoms with Crippen molar-refractivity contribution < 1.29 is 46.7 Å². The number of oxime groups is 2. The number of oxazole rings is 2. The topological polar surface area (TPSA) is 229 Å². The number of ether oxygens (including phenoxy) is 1. The van der Waals surface area contributed by atoms with E-state index in [1.54, 1.807) is 41.0 Å². The normalized spacial score (nSPS) is 21.7. The van der Waals surface area contributed by atoms with Gasteiger partial charge in [-0.15, -0.1) is 0 Å². The molecule has 0 radical (unpaired) electrons. The average molecular weight is 1160 g/mol. The summed E-state index contributed by atoms with van der Waals surface area (Å²) in [6.45, 7) is 9.33. The lowest BCUT2D eigenvalue weighted by Gasteiger charge is -2.35. The minimum absolute atomic E-state index is 0.0833. The Balaban J connectivity index is 0.000000160. The number of halogens is 2. The summed E-state index contributed by atoms with van der Waals surface area (Å²) in [4.78, 5) is 82.4. The van der Waals surface area contributed by atoms with Crippen LogP contribution in [0.15, 0.2) is 162 Å². The number of esters is 1. The van der Waals surface area contributed by atoms with E-state index in [2.05, 4.69) is 20.3 Å². The number of carboxylic acids is 1. The first-order chi connectivity index (χ1) is 41.2. The number of nitrogens with zero attached hydrogens (tertiary/aromatic N) is 8. The van der Waals surface area contributed by atoms with E-state index < -0.39 is 34.4 Å². The van der Waals surface area contributed by atoms with Crippen molar-refractivity contribution in [2.45, 2.75) is 103 Å². The standard InChI is InChI=1S/C35H33FN4O5.C31H25FN4O5/c1-34(2,3)44-32(42)22-15-20(16-22)17-30-37-27-18-21(9-14-25(27)31(41)40(30)24-12-10-23(36)11-13-24)28-19-35(4,45-39-28)33-38-26-7-5-6-8-29(26)43-33;1-31(30-34-23-4-2-3-5-26(23)40-30)16-25(35-41-31)18-6-11-22-24(15-18)33-27(14-17-12-19(13-17)29(38)39)36(28(22)37)21-9-7-20(32)8-10-21/h5-14,18,20,22H,15-17,19H2,1-4H3;2-11,15,17,19H,12-14,16H2,1H3,(H,38,39). The molecule has 0 bridgehead atoms. The van der Waals surface area contributed by atoms with Crippen LogP contribution >= 0.6 is 0 Å². The van der Waals surface area contributed by atoms with Crippen molar-refractivity contribution in [3.05, 3.63) is 200 Å². The zero-order chi connectivity index (χ0) is 59.8. The van der Waals surface area contributed by atoms with Gasteiger partial charge in [0.15, 0.2) is 11.2 Å². The van der Waals surface area contributed by atoms with Gasteiger partial charge in [0.05, 0.1) is 56.4 Å². The molecule has 0 spiro atoms. The molecular weight excluding hydrogens is 1100 g/mol. The smallest absolute Gasteiger partial charge is 0.309 e. The predicted octanol–water partition coefficient (Wildman–Crippen LogP) is 12.0. The maximum atomic E-state index is 13.9. The van der Waals surface area contributed by atoms with Crippen LogP contribution in [0.3, 0.4) is 0 Å². The molecule has 2 fully saturated rings. The molecular formula is C66H58F2N8O10. The van der Waals surface area contributed by atoms with Crippen LogP contribution in [-0.2, 0) is 48.0 Å². The third-order valence-corrected chi connectivity index (χ3v) is 16.4. The van der Waals surface area contributed by atoms with Crippen molar-refractivity contribution in [2.24, 2.45) is 34.0 Å². The number of carbonyl (C=O) groups is 2. The Kier molecular flexibility index (Phi) is 13.8. The van der Waals surface area contributed by atoms with Crippen molar-refractivity contribution in [1.82, 2.24) is 29.1 Å². The second-order valence-corrected chi connectivity index (χ2v) is 24.1. The predicted molar refractivity (Wildman–Crippen MR) is 315 cm³/mol. The van der Waals surface area contributed by atoms with E-state index in [-0.39, 0.29) is 40.8 Å². The van der Waals surface area contributed by atoms with E-state index in [9.17, 15) is 33.1 Å². The second kappa shape index (κ2) is 21.4. The van der Waals surface area contributed by atoms with Crippen LogP contribution in [0, 0.1) is 35.3 Å². The zero-order valence-electron chi connectivity index (χ0n) is 47.6. The highest BCUT2D eigenvalue weighted by Gasteiger charge is 2.44. The van der Waals surface area contributed by atoms with E-state index in [0.29, 0.717) is 131 Å². The van der Waals surface area contributed by atoms with E-state index in [1.165, 1.54) is 28.8 Å². The lowest BCUT2D eigenvalue weighted by molar-refractivity contribution is -0.164. The highest BCUT2D eigenvalue weighted by atomic mass is 19.1. The largest absolute Gasteiger partial charge is 0.481 e. The molecule has 2 aliphatic heterocycles. The van der Waals surface area contributed by atoms with Crippen molar-refractivity contribution >= 4 is 67.4 Å². The zero-order valence-corrected chi connectivity index (χ0v) is 47.6. The molecule has 86 heavy (non-hydrogen) atoms. The van der Waals surface area contributed by atoms with Crippen LogP contribution in [0.1, 0.15) is 108 Å². The van der Waals surface area contributed by atoms with E-state index in [4.69, 9.17) is 33.2 Å². The van der Waals surface area contributed by atoms with Crippen LogP contribution < -0.4 is 11.1 Å². The molecule has 6 aromatic carbocycles. The number of rotatable bonds is 12. The van der Waals surface area contributed by atoms with Crippen molar-refractivity contribution in [1.29, 1.82) is 0 Å². The van der Waals surface area contributed by atoms with Crippen molar-refractivity contribution in [3.63, 3.8) is 0 Å². The van der Waals surface area contributed by atoms with Crippen molar-refractivity contribution in [2.75, 3.05) is 0 Å². The highest BCUT2D eigenvalue weighted by molar-refractivity contribution is 6.05. The monoisotopic (exact) mass is 1160 g/mol. The molecule has 4 aliphatic rings. The van der Waals surface area contributed by atoms with Crippen LogP contribution in [0.4, 0.5) is 8.78 Å². The van der Waals surface area contributed by atoms with Gasteiger partial charge in [0.25, 0.3) is 11.1 Å². The Bertz CT molecular complexity index is 4470. The average Bonchev–Trinajstić information content (AvgIpc) is 1.29. The van der Waals surface area contributed by atoms with Crippen LogP contribution in [-0.4, -0.2) is 63.1 Å². The third-order valence-electron chi connectivity index (χ3n) is 16.4. The molecule has 0 amide bonds. The first-order valence-electron chi connectivity index (χ1n) is 28.5. The van der Waals surface area contributed by atoms with Crippen LogP contribution in [0.2, 0.25) is 0 Å². The van der Waals surface area contributed by atoms with Gasteiger partial charge in [-0.25, -0.2) is 28.7 Å². The van der Waals surface area contributed by atoms with Gasteiger partial charge in [0.1, 0.15) is 39.9 Å². The molecule has 2 unspecified atom stereocenters. The number of hydrogen-bond donors (Lipinski definition) is 1. The summed E-state index contributed by atoms with van der Waals surface area (Å²) in [5.74, 6) is -0.218. The third kappa shape index (κ3) is 10.7. The fraction of sp³-hybridized carbons (Fsp3) is 0.303. The second-order valence-electron chi connectivity index (χ2n) is 24.1. The number of aromatic nitrogens is 6. The van der Waals surface area contributed by atoms with E-state index in [0.717, 1.165) is 22.2 Å². The van der Waals surface area contributed by atoms with Gasteiger partial charge < -0.3 is 28.4 Å². The molecule has 18 nitrogen and oxygen atoms in total. The maximum Gasteiger partial charge on any atom is 0.309 e. The molecule has 2 atom stereocenters. The summed E-state index contributed by atoms with van der Waals surface area (Å²) >= 11 is 0. The van der Waals surface area contributed by atoms with Gasteiger partial charge in [-0.3, -0.25) is 28.3 Å². The van der Waals surface area contributed by atoms with Crippen LogP contribution in [0.25, 0.3) is 55.4 Å². The molecule has 2 saturated carbocycles. The van der Waals surface area contributed by atoms with Gasteiger partial charge in [-0.1, -0.05) is 46.7 Å². The Morgan fingerprint density at radius 2 is 1.00 bits per heavy atom. The van der Waals surface area contributed by atoms with E-state index in [1.807, 2.05) is 107 Å². The molecule has 436 valence electrons. The van der Waals surface area contributed by atoms with Crippen LogP contribution in [0.5, 0.6) is 0 Å². The summed E-state index contributed by atoms with van der Waals surface area (Å²) < 4.78 is 48.0. The Morgan fingerprint density at radius 1 is 0.581 bits per heavy atom. The Hall–Kier alpha value is -9.72. The molecule has 10 aromatic rings. The van der Waals surface area contributed by atoms with Gasteiger partial charge >= 0.3 is 11.9 Å². The molecule has 6 heterocycles. The minimum Gasteiger partial charge on any atom is -0.481 e. The van der Waals surface area contributed by atoms with E-state index >= 15 is 0 Å². The number of carboxylic acid groups (broad SMARTS) is 1. The molecule has 2 aliphatic carbocycles. The number of aliphatic carboxylic acids is 1. The lowest BCUT2D eigenvalue weighted by atomic mass is 9.73. The maximum absolute atomic E-state index is 13.9. The summed E-state index contributed by atoms with van der Waals surface area (Å²) in [5, 5.41) is 18.9. The summed E-state index contributed by atoms with van der Waals surface area (Å²) in [6, 6.07) is 37.3. The van der Waals surface area contributed by atoms with Crippen molar-refractivity contribution in [3.8, 4) is 11.4 Å². The summed E-state index contributed by atoms with van der Waals surface area (Å²) in [7, 11) is 0.